The first-order chi connectivity index (χ1) is 10.4. The van der Waals surface area contributed by atoms with Gasteiger partial charge >= 0.3 is 5.97 Å². The summed E-state index contributed by atoms with van der Waals surface area (Å²) in [4.78, 5) is 11.9. The molecule has 0 bridgehead atoms. The van der Waals surface area contributed by atoms with Crippen LogP contribution in [0.2, 0.25) is 18.1 Å². The molecule has 1 aliphatic heterocycles. The van der Waals surface area contributed by atoms with E-state index in [4.69, 9.17) is 9.16 Å². The molecule has 3 rings (SSSR count). The zero-order valence-corrected chi connectivity index (χ0v) is 16.7. The lowest BCUT2D eigenvalue weighted by Crippen LogP contribution is -2.48. The van der Waals surface area contributed by atoms with Crippen molar-refractivity contribution >= 4 is 14.3 Å². The number of allylic oxidation sites excluding steroid dienone is 1. The Morgan fingerprint density at radius 2 is 1.91 bits per heavy atom. The van der Waals surface area contributed by atoms with E-state index in [-0.39, 0.29) is 22.0 Å². The zero-order valence-electron chi connectivity index (χ0n) is 15.7. The molecule has 0 aromatic rings. The number of rotatable bonds is 2. The van der Waals surface area contributed by atoms with Crippen LogP contribution in [0.3, 0.4) is 0 Å². The SMILES string of the molecule is CC1(C)OC(=O)C=C[C@]23C[C@H]2[C@H](O[Si](C)(C)C(C)(C)C)CC[C@@H]13. The second-order valence-electron chi connectivity index (χ2n) is 9.83. The van der Waals surface area contributed by atoms with Crippen molar-refractivity contribution in [3.8, 4) is 0 Å². The first-order valence-corrected chi connectivity index (χ1v) is 11.9. The highest BCUT2D eigenvalue weighted by molar-refractivity contribution is 6.74. The first-order valence-electron chi connectivity index (χ1n) is 8.99. The monoisotopic (exact) mass is 336 g/mol. The quantitative estimate of drug-likeness (QED) is 0.542. The van der Waals surface area contributed by atoms with Crippen molar-refractivity contribution in [1.29, 1.82) is 0 Å². The molecule has 3 aliphatic rings. The van der Waals surface area contributed by atoms with Gasteiger partial charge in [0, 0.05) is 23.5 Å². The van der Waals surface area contributed by atoms with Gasteiger partial charge in [-0.3, -0.25) is 0 Å². The molecular weight excluding hydrogens is 304 g/mol. The molecule has 2 fully saturated rings. The van der Waals surface area contributed by atoms with Crippen LogP contribution in [0.4, 0.5) is 0 Å². The summed E-state index contributed by atoms with van der Waals surface area (Å²) in [6.45, 7) is 15.7. The molecule has 4 heteroatoms. The smallest absolute Gasteiger partial charge is 0.330 e. The summed E-state index contributed by atoms with van der Waals surface area (Å²) in [5.74, 6) is 0.786. The van der Waals surface area contributed by atoms with Gasteiger partial charge in [0.2, 0.25) is 0 Å². The Morgan fingerprint density at radius 1 is 1.26 bits per heavy atom. The van der Waals surface area contributed by atoms with Crippen LogP contribution in [-0.2, 0) is 14.0 Å². The lowest BCUT2D eigenvalue weighted by molar-refractivity contribution is -0.158. The van der Waals surface area contributed by atoms with Crippen LogP contribution in [0.1, 0.15) is 53.9 Å². The molecule has 0 N–H and O–H groups in total. The van der Waals surface area contributed by atoms with Crippen molar-refractivity contribution < 1.29 is 14.0 Å². The van der Waals surface area contributed by atoms with Crippen molar-refractivity contribution in [2.45, 2.75) is 83.7 Å². The van der Waals surface area contributed by atoms with Gasteiger partial charge in [0.1, 0.15) is 5.60 Å². The molecule has 2 aliphatic carbocycles. The third kappa shape index (κ3) is 2.72. The average Bonchev–Trinajstić information content (AvgIpc) is 3.10. The van der Waals surface area contributed by atoms with Crippen molar-refractivity contribution in [3.05, 3.63) is 12.2 Å². The molecule has 0 aromatic carbocycles. The van der Waals surface area contributed by atoms with Crippen molar-refractivity contribution in [3.63, 3.8) is 0 Å². The second kappa shape index (κ2) is 4.95. The molecule has 0 amide bonds. The predicted molar refractivity (Wildman–Crippen MR) is 94.6 cm³/mol. The number of hydrogen-bond acceptors (Lipinski definition) is 3. The Hall–Kier alpha value is -0.613. The molecule has 4 atom stereocenters. The van der Waals surface area contributed by atoms with Crippen LogP contribution in [0.25, 0.3) is 0 Å². The predicted octanol–water partition coefficient (Wildman–Crippen LogP) is 4.68. The maximum absolute atomic E-state index is 11.9. The van der Waals surface area contributed by atoms with E-state index in [1.165, 1.54) is 0 Å². The number of ether oxygens (including phenoxy) is 1. The molecule has 130 valence electrons. The number of carbonyl (C=O) groups is 1. The van der Waals surface area contributed by atoms with E-state index in [1.807, 2.05) is 0 Å². The maximum atomic E-state index is 11.9. The normalized spacial score (nSPS) is 39.1. The zero-order chi connectivity index (χ0) is 17.3. The molecule has 3 nitrogen and oxygen atoms in total. The molecular formula is C19H32O3Si. The van der Waals surface area contributed by atoms with Gasteiger partial charge in [0.25, 0.3) is 0 Å². The standard InChI is InChI=1S/C19H32O3Si/c1-17(2,3)23(6,7)22-14-8-9-15-18(4,5)21-16(20)10-11-19(15)12-13(14)19/h10-11,13-15H,8-9,12H2,1-7H3/t13-,14+,15-,19-/m0/s1. The largest absolute Gasteiger partial charge is 0.456 e. The summed E-state index contributed by atoms with van der Waals surface area (Å²) in [6, 6.07) is 0. The Labute approximate surface area is 141 Å². The number of cyclic esters (lactones) is 1. The minimum absolute atomic E-state index is 0.126. The molecule has 2 saturated carbocycles. The summed E-state index contributed by atoms with van der Waals surface area (Å²) in [6.07, 6.45) is 7.49. The Balaban J connectivity index is 1.83. The van der Waals surface area contributed by atoms with Gasteiger partial charge < -0.3 is 9.16 Å². The Bertz CT molecular complexity index is 543. The van der Waals surface area contributed by atoms with Gasteiger partial charge in [-0.05, 0) is 57.2 Å². The van der Waals surface area contributed by atoms with Gasteiger partial charge in [-0.25, -0.2) is 4.79 Å². The van der Waals surface area contributed by atoms with Gasteiger partial charge in [-0.2, -0.15) is 0 Å². The van der Waals surface area contributed by atoms with E-state index in [9.17, 15) is 4.79 Å². The number of esters is 1. The van der Waals surface area contributed by atoms with Crippen molar-refractivity contribution in [2.24, 2.45) is 17.3 Å². The van der Waals surface area contributed by atoms with Gasteiger partial charge in [0.15, 0.2) is 8.32 Å². The van der Waals surface area contributed by atoms with E-state index < -0.39 is 8.32 Å². The summed E-state index contributed by atoms with van der Waals surface area (Å²) < 4.78 is 12.4. The summed E-state index contributed by atoms with van der Waals surface area (Å²) in [5, 5.41) is 0.240. The molecule has 0 radical (unpaired) electrons. The minimum Gasteiger partial charge on any atom is -0.456 e. The number of hydrogen-bond donors (Lipinski definition) is 0. The van der Waals surface area contributed by atoms with E-state index in [1.54, 1.807) is 6.08 Å². The third-order valence-corrected chi connectivity index (χ3v) is 11.4. The van der Waals surface area contributed by atoms with Crippen LogP contribution in [0.5, 0.6) is 0 Å². The van der Waals surface area contributed by atoms with Crippen LogP contribution >= 0.6 is 0 Å². The fourth-order valence-corrected chi connectivity index (χ4v) is 5.98. The average molecular weight is 337 g/mol. The van der Waals surface area contributed by atoms with E-state index >= 15 is 0 Å². The molecule has 0 aromatic heterocycles. The highest BCUT2D eigenvalue weighted by Crippen LogP contribution is 2.69. The molecule has 0 unspecified atom stereocenters. The van der Waals surface area contributed by atoms with Gasteiger partial charge in [0.05, 0.1) is 0 Å². The highest BCUT2D eigenvalue weighted by Gasteiger charge is 2.67. The van der Waals surface area contributed by atoms with Crippen molar-refractivity contribution in [1.82, 2.24) is 0 Å². The fourth-order valence-electron chi connectivity index (χ4n) is 4.59. The van der Waals surface area contributed by atoms with Gasteiger partial charge in [-0.15, -0.1) is 0 Å². The summed E-state index contributed by atoms with van der Waals surface area (Å²) in [7, 11) is -1.75. The minimum atomic E-state index is -1.75. The van der Waals surface area contributed by atoms with Crippen molar-refractivity contribution in [2.75, 3.05) is 0 Å². The Kier molecular flexibility index (Phi) is 3.70. The maximum Gasteiger partial charge on any atom is 0.330 e. The van der Waals surface area contributed by atoms with E-state index in [0.717, 1.165) is 19.3 Å². The highest BCUT2D eigenvalue weighted by atomic mass is 28.4. The van der Waals surface area contributed by atoms with E-state index in [0.29, 0.717) is 17.9 Å². The van der Waals surface area contributed by atoms with Crippen LogP contribution < -0.4 is 0 Å². The molecule has 1 spiro atoms. The van der Waals surface area contributed by atoms with Crippen LogP contribution in [0, 0.1) is 17.3 Å². The van der Waals surface area contributed by atoms with Crippen LogP contribution in [-0.4, -0.2) is 26.0 Å². The van der Waals surface area contributed by atoms with Crippen LogP contribution in [0.15, 0.2) is 12.2 Å². The topological polar surface area (TPSA) is 35.5 Å². The van der Waals surface area contributed by atoms with E-state index in [2.05, 4.69) is 53.8 Å². The third-order valence-electron chi connectivity index (χ3n) is 6.93. The molecule has 23 heavy (non-hydrogen) atoms. The molecule has 0 saturated heterocycles. The van der Waals surface area contributed by atoms with Gasteiger partial charge in [-0.1, -0.05) is 26.8 Å². The lowest BCUT2D eigenvalue weighted by atomic mass is 9.69. The second-order valence-corrected chi connectivity index (χ2v) is 14.6. The first kappa shape index (κ1) is 17.2. The summed E-state index contributed by atoms with van der Waals surface area (Å²) in [5.41, 5.74) is -0.252. The number of carbonyl (C=O) groups excluding carboxylic acids is 1. The summed E-state index contributed by atoms with van der Waals surface area (Å²) >= 11 is 0. The Morgan fingerprint density at radius 3 is 2.52 bits per heavy atom. The fraction of sp³-hybridized carbons (Fsp3) is 0.842. The lowest BCUT2D eigenvalue weighted by Gasteiger charge is -2.45. The molecule has 1 heterocycles.